The zero-order valence-electron chi connectivity index (χ0n) is 36.9. The lowest BCUT2D eigenvalue weighted by Gasteiger charge is -2.30. The normalized spacial score (nSPS) is 17.4. The summed E-state index contributed by atoms with van der Waals surface area (Å²) in [4.78, 5) is 82.1. The predicted molar refractivity (Wildman–Crippen MR) is 240 cm³/mol. The second-order valence-electron chi connectivity index (χ2n) is 17.6. The SMILES string of the molecule is COC(=O)NC(C(=O)N1CCCC1c1ncc(-c2ccc(-c3ccc4cc(-c5cnc(C6CCCN6C(=O)C(NC(=O)OC(C)(C)C)c6ccccc6)[nH]5)ccc4n3)cn2)[nH]1)C(C)C. The van der Waals surface area contributed by atoms with Crippen LogP contribution in [0.2, 0.25) is 0 Å². The number of benzene rings is 2. The van der Waals surface area contributed by atoms with E-state index in [1.165, 1.54) is 7.11 Å². The molecule has 64 heavy (non-hydrogen) atoms. The van der Waals surface area contributed by atoms with Gasteiger partial charge in [-0.1, -0.05) is 56.3 Å². The second kappa shape index (κ2) is 18.3. The molecule has 8 rings (SSSR count). The molecule has 0 aliphatic carbocycles. The number of nitrogens with zero attached hydrogens (tertiary/aromatic N) is 6. The highest BCUT2D eigenvalue weighted by Gasteiger charge is 2.39. The largest absolute Gasteiger partial charge is 0.453 e. The number of ether oxygens (including phenoxy) is 2. The van der Waals surface area contributed by atoms with Gasteiger partial charge in [0.05, 0.1) is 59.9 Å². The summed E-state index contributed by atoms with van der Waals surface area (Å²) in [7, 11) is 1.28. The third kappa shape index (κ3) is 9.45. The molecule has 0 saturated carbocycles. The molecule has 16 heteroatoms. The predicted octanol–water partition coefficient (Wildman–Crippen LogP) is 8.05. The highest BCUT2D eigenvalue weighted by Crippen LogP contribution is 2.36. The van der Waals surface area contributed by atoms with Crippen LogP contribution in [0.5, 0.6) is 0 Å². The zero-order valence-corrected chi connectivity index (χ0v) is 36.9. The van der Waals surface area contributed by atoms with E-state index >= 15 is 0 Å². The number of aromatic amines is 2. The fourth-order valence-corrected chi connectivity index (χ4v) is 8.48. The van der Waals surface area contributed by atoms with Crippen LogP contribution in [-0.2, 0) is 19.1 Å². The van der Waals surface area contributed by atoms with E-state index < -0.39 is 29.9 Å². The average molecular weight is 867 g/mol. The summed E-state index contributed by atoms with van der Waals surface area (Å²) < 4.78 is 10.3. The Morgan fingerprint density at radius 3 is 2.00 bits per heavy atom. The van der Waals surface area contributed by atoms with Crippen molar-refractivity contribution in [1.29, 1.82) is 0 Å². The number of amides is 4. The van der Waals surface area contributed by atoms with Gasteiger partial charge in [-0.15, -0.1) is 0 Å². The van der Waals surface area contributed by atoms with E-state index in [2.05, 4.69) is 31.7 Å². The fraction of sp³-hybridized carbons (Fsp3) is 0.375. The van der Waals surface area contributed by atoms with Crippen molar-refractivity contribution in [3.8, 4) is 33.9 Å². The van der Waals surface area contributed by atoms with Crippen molar-refractivity contribution in [2.24, 2.45) is 5.92 Å². The molecular weight excluding hydrogens is 813 g/mol. The van der Waals surface area contributed by atoms with Crippen LogP contribution >= 0.6 is 0 Å². The first-order chi connectivity index (χ1) is 30.8. The number of rotatable bonds is 11. The lowest BCUT2D eigenvalue weighted by Crippen LogP contribution is -2.51. The number of aromatic nitrogens is 6. The van der Waals surface area contributed by atoms with Crippen molar-refractivity contribution in [3.05, 3.63) is 109 Å². The molecule has 0 radical (unpaired) electrons. The molecule has 4 aromatic heterocycles. The summed E-state index contributed by atoms with van der Waals surface area (Å²) in [6.07, 6.45) is 7.12. The van der Waals surface area contributed by atoms with E-state index in [0.29, 0.717) is 36.0 Å². The van der Waals surface area contributed by atoms with Gasteiger partial charge >= 0.3 is 12.2 Å². The number of carbonyl (C=O) groups is 4. The summed E-state index contributed by atoms with van der Waals surface area (Å²) >= 11 is 0. The van der Waals surface area contributed by atoms with Crippen LogP contribution < -0.4 is 10.6 Å². The van der Waals surface area contributed by atoms with E-state index in [1.807, 2.05) is 80.6 Å². The Labute approximate surface area is 371 Å². The maximum absolute atomic E-state index is 14.2. The van der Waals surface area contributed by atoms with Crippen LogP contribution in [0.15, 0.2) is 91.4 Å². The number of pyridine rings is 2. The number of methoxy groups -OCH3 is 1. The molecule has 0 bridgehead atoms. The average Bonchev–Trinajstić information content (AvgIpc) is 4.13. The number of nitrogens with one attached hydrogen (secondary N) is 4. The summed E-state index contributed by atoms with van der Waals surface area (Å²) in [6, 6.07) is 21.0. The first-order valence-corrected chi connectivity index (χ1v) is 21.7. The molecule has 4 atom stereocenters. The molecule has 16 nitrogen and oxygen atoms in total. The fourth-order valence-electron chi connectivity index (χ4n) is 8.48. The smallest absolute Gasteiger partial charge is 0.408 e. The molecule has 332 valence electrons. The summed E-state index contributed by atoms with van der Waals surface area (Å²) in [5.41, 5.74) is 5.58. The van der Waals surface area contributed by atoms with E-state index in [-0.39, 0.29) is 29.8 Å². The molecule has 4 amide bonds. The van der Waals surface area contributed by atoms with Crippen molar-refractivity contribution in [3.63, 3.8) is 0 Å². The van der Waals surface area contributed by atoms with Gasteiger partial charge in [-0.2, -0.15) is 0 Å². The number of fused-ring (bicyclic) bond motifs is 1. The van der Waals surface area contributed by atoms with Gasteiger partial charge in [0.1, 0.15) is 29.3 Å². The molecule has 2 aromatic carbocycles. The molecule has 2 aliphatic heterocycles. The number of carbonyl (C=O) groups excluding carboxylic acids is 4. The van der Waals surface area contributed by atoms with Crippen molar-refractivity contribution < 1.29 is 28.7 Å². The van der Waals surface area contributed by atoms with Gasteiger partial charge in [0.2, 0.25) is 5.91 Å². The maximum Gasteiger partial charge on any atom is 0.408 e. The minimum absolute atomic E-state index is 0.123. The number of alkyl carbamates (subject to hydrolysis) is 2. The van der Waals surface area contributed by atoms with E-state index in [9.17, 15) is 19.2 Å². The van der Waals surface area contributed by atoms with Crippen molar-refractivity contribution in [2.75, 3.05) is 20.2 Å². The van der Waals surface area contributed by atoms with Crippen molar-refractivity contribution >= 4 is 34.9 Å². The van der Waals surface area contributed by atoms with Crippen molar-refractivity contribution in [2.45, 2.75) is 90.1 Å². The number of H-pyrrole nitrogens is 2. The first kappa shape index (κ1) is 43.5. The van der Waals surface area contributed by atoms with Gasteiger partial charge in [-0.25, -0.2) is 24.5 Å². The summed E-state index contributed by atoms with van der Waals surface area (Å²) in [5, 5.41) is 6.45. The van der Waals surface area contributed by atoms with Gasteiger partial charge in [-0.3, -0.25) is 14.6 Å². The van der Waals surface area contributed by atoms with Crippen LogP contribution in [0.3, 0.4) is 0 Å². The highest BCUT2D eigenvalue weighted by molar-refractivity contribution is 5.89. The number of likely N-dealkylation sites (tertiary alicyclic amines) is 2. The first-order valence-electron chi connectivity index (χ1n) is 21.7. The summed E-state index contributed by atoms with van der Waals surface area (Å²) in [6.45, 7) is 10.2. The van der Waals surface area contributed by atoms with Gasteiger partial charge in [-0.05, 0) is 88.3 Å². The minimum atomic E-state index is -0.918. The maximum atomic E-state index is 14.2. The Balaban J connectivity index is 0.941. The monoisotopic (exact) mass is 866 g/mol. The number of hydrogen-bond acceptors (Lipinski definition) is 10. The summed E-state index contributed by atoms with van der Waals surface area (Å²) in [5.74, 6) is 0.845. The number of imidazole rings is 2. The van der Waals surface area contributed by atoms with Gasteiger partial charge < -0.3 is 39.9 Å². The number of hydrogen-bond donors (Lipinski definition) is 4. The second-order valence-corrected chi connectivity index (χ2v) is 17.6. The van der Waals surface area contributed by atoms with E-state index in [4.69, 9.17) is 24.4 Å². The van der Waals surface area contributed by atoms with Gasteiger partial charge in [0.25, 0.3) is 5.91 Å². The molecule has 0 spiro atoms. The molecule has 6 heterocycles. The van der Waals surface area contributed by atoms with Crippen LogP contribution in [0.4, 0.5) is 9.59 Å². The lowest BCUT2D eigenvalue weighted by atomic mass is 10.0. The third-order valence-corrected chi connectivity index (χ3v) is 11.7. The molecule has 4 unspecified atom stereocenters. The molecular formula is C48H54N10O6. The van der Waals surface area contributed by atoms with E-state index in [0.717, 1.165) is 64.8 Å². The zero-order chi connectivity index (χ0) is 45.1. The van der Waals surface area contributed by atoms with Crippen LogP contribution in [0.1, 0.15) is 95.6 Å². The molecule has 2 saturated heterocycles. The van der Waals surface area contributed by atoms with Gasteiger partial charge in [0.15, 0.2) is 0 Å². The Kier molecular flexibility index (Phi) is 12.5. The lowest BCUT2D eigenvalue weighted by molar-refractivity contribution is -0.136. The molecule has 2 aliphatic rings. The topological polar surface area (TPSA) is 200 Å². The van der Waals surface area contributed by atoms with E-state index in [1.54, 1.807) is 49.2 Å². The standard InChI is InChI=1S/C48H54N10O6/c1-28(2)40(55-46(61)63-6)44(59)57-22-10-15-39(57)43-51-27-37(54-43)35-21-18-32(25-49-35)34-20-16-30-24-31(17-19-33(30)52-34)36-26-50-42(53-36)38-14-11-23-58(38)45(60)41(29-12-8-7-9-13-29)56-47(62)64-48(3,4)5/h7-9,12-13,16-21,24-28,38-41H,10-11,14-15,22-23H2,1-6H3,(H,50,53)(H,51,54)(H,55,61)(H,56,62). The Morgan fingerprint density at radius 1 is 0.719 bits per heavy atom. The third-order valence-electron chi connectivity index (χ3n) is 11.7. The quantitative estimate of drug-likeness (QED) is 0.0988. The highest BCUT2D eigenvalue weighted by atomic mass is 16.6. The molecule has 6 aromatic rings. The van der Waals surface area contributed by atoms with Crippen LogP contribution in [-0.4, -0.2) is 95.5 Å². The minimum Gasteiger partial charge on any atom is -0.453 e. The Hall–Kier alpha value is -7.10. The van der Waals surface area contributed by atoms with Gasteiger partial charge in [0, 0.05) is 35.8 Å². The molecule has 2 fully saturated rings. The Morgan fingerprint density at radius 2 is 1.36 bits per heavy atom. The molecule has 4 N–H and O–H groups in total. The van der Waals surface area contributed by atoms with Crippen molar-refractivity contribution in [1.82, 2.24) is 50.3 Å². The Bertz CT molecular complexity index is 2640. The van der Waals surface area contributed by atoms with Crippen LogP contribution in [0, 0.1) is 5.92 Å². The van der Waals surface area contributed by atoms with Crippen LogP contribution in [0.25, 0.3) is 44.8 Å².